The van der Waals surface area contributed by atoms with Crippen LogP contribution in [-0.2, 0) is 48.7 Å². The average Bonchev–Trinajstić information content (AvgIpc) is 4.08. The number of rotatable bonds is 31. The number of hydrogen-bond donors (Lipinski definition) is 3. The Bertz CT molecular complexity index is 3040. The summed E-state index contributed by atoms with van der Waals surface area (Å²) in [5.41, 5.74) is 7.90. The molecule has 3 aliphatic rings. The molecule has 424 valence electrons. The molecule has 18 heteroatoms. The Morgan fingerprint density at radius 2 is 1.34 bits per heavy atom. The van der Waals surface area contributed by atoms with Gasteiger partial charge in [-0.25, -0.2) is 4.79 Å². The van der Waals surface area contributed by atoms with Crippen LogP contribution in [0.15, 0.2) is 132 Å². The maximum atomic E-state index is 12.4. The predicted octanol–water partition coefficient (Wildman–Crippen LogP) is 9.66. The minimum absolute atomic E-state index is 0.0722. The van der Waals surface area contributed by atoms with Crippen LogP contribution in [0.1, 0.15) is 82.6 Å². The van der Waals surface area contributed by atoms with Gasteiger partial charge in [-0.3, -0.25) is 4.55 Å². The molecule has 0 radical (unpaired) electrons. The van der Waals surface area contributed by atoms with Crippen molar-refractivity contribution in [2.75, 3.05) is 97.8 Å². The van der Waals surface area contributed by atoms with E-state index in [0.717, 1.165) is 56.4 Å². The van der Waals surface area contributed by atoms with Crippen molar-refractivity contribution in [3.8, 4) is 17.5 Å². The number of ether oxygens (including phenoxy) is 7. The van der Waals surface area contributed by atoms with Crippen LogP contribution >= 0.6 is 0 Å². The summed E-state index contributed by atoms with van der Waals surface area (Å²) < 4.78 is 77.2. The molecule has 1 aromatic heterocycles. The molecule has 0 fully saturated rings. The largest absolute Gasteiger partial charge is 0.492 e. The fraction of sp³-hybridized carbons (Fsp3) is 0.410. The van der Waals surface area contributed by atoms with Gasteiger partial charge in [-0.1, -0.05) is 72.9 Å². The lowest BCUT2D eigenvalue weighted by atomic mass is 9.81. The van der Waals surface area contributed by atoms with Crippen molar-refractivity contribution in [2.45, 2.75) is 76.2 Å². The zero-order valence-electron chi connectivity index (χ0n) is 46.2. The third-order valence-corrected chi connectivity index (χ3v) is 14.6. The van der Waals surface area contributed by atoms with Gasteiger partial charge in [0.25, 0.3) is 10.1 Å². The van der Waals surface area contributed by atoms with Crippen molar-refractivity contribution in [2.24, 2.45) is 0 Å². The quantitative estimate of drug-likeness (QED) is 0.0186. The third-order valence-electron chi connectivity index (χ3n) is 13.7. The Balaban J connectivity index is 0.994. The molecular formula is C61H76N3O14S+. The van der Waals surface area contributed by atoms with E-state index >= 15 is 0 Å². The first-order valence-corrected chi connectivity index (χ1v) is 28.2. The highest BCUT2D eigenvalue weighted by Crippen LogP contribution is 2.47. The van der Waals surface area contributed by atoms with Gasteiger partial charge in [-0.2, -0.15) is 13.0 Å². The molecule has 0 spiro atoms. The highest BCUT2D eigenvalue weighted by molar-refractivity contribution is 7.85. The first-order valence-electron chi connectivity index (χ1n) is 26.8. The maximum absolute atomic E-state index is 12.4. The summed E-state index contributed by atoms with van der Waals surface area (Å²) in [5, 5.41) is 19.6. The predicted molar refractivity (Wildman–Crippen MR) is 305 cm³/mol. The van der Waals surface area contributed by atoms with Crippen LogP contribution in [0.4, 0.5) is 11.4 Å². The van der Waals surface area contributed by atoms with Gasteiger partial charge >= 0.3 is 5.97 Å². The minimum atomic E-state index is -4.44. The van der Waals surface area contributed by atoms with E-state index in [9.17, 15) is 28.0 Å². The molecule has 79 heavy (non-hydrogen) atoms. The Hall–Kier alpha value is -6.61. The Morgan fingerprint density at radius 1 is 0.722 bits per heavy atom. The van der Waals surface area contributed by atoms with Crippen LogP contribution in [-0.4, -0.2) is 143 Å². The first kappa shape index (κ1) is 60.0. The molecular weight excluding hydrogens is 1030 g/mol. The average molecular weight is 1110 g/mol. The standard InChI is InChI=1S/C61H75N3O14S/c1-45-44-60(2,3)63(28-29-72-32-33-74-36-37-76-39-38-75-35-34-73-31-30-71-6)53-43-55-50(42-49(45)53)47(40-54(77-55)46-18-13-10-14-19-46)20-12-8-7-9-15-21-56-61(4,5)51-41-48(79(68,69)70)23-24-52(51)62(56)27-17-11-16-22-59(67)78-64-57(65)25-26-58(64)66/h7-10,12-15,18-21,23-26,40-44H,11,16-17,22,27-39H2,1-6H3,(H2-,65,66,68,69,70)/p+1. The van der Waals surface area contributed by atoms with E-state index in [-0.39, 0.29) is 28.6 Å². The van der Waals surface area contributed by atoms with Gasteiger partial charge in [0.1, 0.15) is 18.1 Å². The molecule has 3 aliphatic heterocycles. The number of allylic oxidation sites excluding steroid dienone is 10. The molecule has 4 heterocycles. The van der Waals surface area contributed by atoms with Crippen LogP contribution in [0.5, 0.6) is 17.5 Å². The van der Waals surface area contributed by atoms with Crippen molar-refractivity contribution < 1.29 is 70.5 Å². The minimum Gasteiger partial charge on any atom is -0.492 e. The second kappa shape index (κ2) is 28.5. The van der Waals surface area contributed by atoms with E-state index in [1.54, 1.807) is 13.2 Å². The van der Waals surface area contributed by atoms with E-state index in [4.69, 9.17) is 38.0 Å². The molecule has 0 amide bonds. The Morgan fingerprint density at radius 3 is 1.99 bits per heavy atom. The number of aromatic hydroxyl groups is 2. The molecule has 0 atom stereocenters. The Labute approximate surface area is 464 Å². The summed E-state index contributed by atoms with van der Waals surface area (Å²) in [5.74, 6) is 0.129. The smallest absolute Gasteiger partial charge is 0.333 e. The van der Waals surface area contributed by atoms with E-state index < -0.39 is 21.5 Å². The zero-order chi connectivity index (χ0) is 56.4. The zero-order valence-corrected chi connectivity index (χ0v) is 47.0. The van der Waals surface area contributed by atoms with Crippen molar-refractivity contribution in [3.63, 3.8) is 0 Å². The van der Waals surface area contributed by atoms with Gasteiger partial charge < -0.3 is 53.1 Å². The van der Waals surface area contributed by atoms with Crippen LogP contribution in [0, 0.1) is 0 Å². The van der Waals surface area contributed by atoms with Gasteiger partial charge in [-0.05, 0) is 82.9 Å². The number of unbranched alkanes of at least 4 members (excludes halogenated alkanes) is 2. The van der Waals surface area contributed by atoms with Gasteiger partial charge in [-0.15, -0.1) is 4.73 Å². The summed E-state index contributed by atoms with van der Waals surface area (Å²) >= 11 is 0. The van der Waals surface area contributed by atoms with Gasteiger partial charge in [0.05, 0.1) is 88.5 Å². The van der Waals surface area contributed by atoms with E-state index in [0.29, 0.717) is 110 Å². The molecule has 0 bridgehead atoms. The fourth-order valence-corrected chi connectivity index (χ4v) is 10.3. The number of nitrogens with zero attached hydrogens (tertiary/aromatic N) is 3. The lowest BCUT2D eigenvalue weighted by Crippen LogP contribution is -2.46. The van der Waals surface area contributed by atoms with Gasteiger partial charge in [0.15, 0.2) is 5.71 Å². The Kier molecular flexibility index (Phi) is 21.7. The highest BCUT2D eigenvalue weighted by Gasteiger charge is 2.45. The topological polar surface area (TPSA) is 197 Å². The van der Waals surface area contributed by atoms with Crippen LogP contribution in [0.3, 0.4) is 0 Å². The molecule has 3 aromatic carbocycles. The molecule has 4 aromatic rings. The number of aromatic nitrogens is 1. The molecule has 7 rings (SSSR count). The van der Waals surface area contributed by atoms with E-state index in [2.05, 4.69) is 60.6 Å². The van der Waals surface area contributed by atoms with Crippen molar-refractivity contribution >= 4 is 50.1 Å². The number of carbonyl (C=O) groups is 1. The molecule has 17 nitrogen and oxygen atoms in total. The summed E-state index contributed by atoms with van der Waals surface area (Å²) in [6.45, 7) is 17.4. The first-order chi connectivity index (χ1) is 38.0. The summed E-state index contributed by atoms with van der Waals surface area (Å²) in [6.07, 6.45) is 20.2. The molecule has 0 aliphatic carbocycles. The van der Waals surface area contributed by atoms with E-state index in [1.165, 1.54) is 29.8 Å². The highest BCUT2D eigenvalue weighted by atomic mass is 32.2. The van der Waals surface area contributed by atoms with Crippen molar-refractivity contribution in [3.05, 3.63) is 150 Å². The monoisotopic (exact) mass is 1110 g/mol. The molecule has 0 unspecified atom stereocenters. The second-order valence-electron chi connectivity index (χ2n) is 20.2. The number of carbonyl (C=O) groups excluding carboxylic acids is 1. The lowest BCUT2D eigenvalue weighted by Gasteiger charge is -2.44. The van der Waals surface area contributed by atoms with E-state index in [1.807, 2.05) is 80.6 Å². The molecule has 3 N–H and O–H groups in total. The second-order valence-corrected chi connectivity index (χ2v) is 21.6. The van der Waals surface area contributed by atoms with Gasteiger partial charge in [0, 0.05) is 84.8 Å². The summed E-state index contributed by atoms with van der Waals surface area (Å²) in [4.78, 5) is 19.7. The van der Waals surface area contributed by atoms with Crippen LogP contribution < -0.4 is 14.5 Å². The number of anilines is 1. The van der Waals surface area contributed by atoms with Gasteiger partial charge in [0.2, 0.25) is 17.4 Å². The van der Waals surface area contributed by atoms with Crippen LogP contribution in [0.2, 0.25) is 0 Å². The lowest BCUT2D eigenvalue weighted by molar-refractivity contribution is -0.438. The SMILES string of the molecule is COCCOCCOCCOCCOCCOCCN1c2cc3c(cc2C(C)=CC1(C)C)C(=CC=CC=CC=CC1=[N+](CCCCCC(=O)On2c(O)ccc2O)c2ccc(S(=O)(=O)O)cc2C1(C)C)C=C(c1ccccc1)O3. The fourth-order valence-electron chi connectivity index (χ4n) is 9.77. The summed E-state index contributed by atoms with van der Waals surface area (Å²) in [6, 6.07) is 21.5. The third kappa shape index (κ3) is 16.3. The number of fused-ring (bicyclic) bond motifs is 3. The normalized spacial score (nSPS) is 16.2. The van der Waals surface area contributed by atoms with Crippen molar-refractivity contribution in [1.29, 1.82) is 0 Å². The maximum Gasteiger partial charge on any atom is 0.333 e. The number of hydrogen-bond acceptors (Lipinski definition) is 14. The molecule has 0 saturated carbocycles. The van der Waals surface area contributed by atoms with Crippen LogP contribution in [0.25, 0.3) is 16.9 Å². The number of methoxy groups -OCH3 is 1. The number of benzene rings is 3. The van der Waals surface area contributed by atoms with Crippen molar-refractivity contribution in [1.82, 2.24) is 4.73 Å². The molecule has 0 saturated heterocycles. The summed E-state index contributed by atoms with van der Waals surface area (Å²) in [7, 11) is -2.80.